The minimum Gasteiger partial charge on any atom is -0.420 e. The van der Waals surface area contributed by atoms with Crippen LogP contribution in [0.1, 0.15) is 69.4 Å². The summed E-state index contributed by atoms with van der Waals surface area (Å²) >= 11 is 0. The first-order chi connectivity index (χ1) is 13.6. The van der Waals surface area contributed by atoms with E-state index in [1.807, 2.05) is 41.9 Å². The molecule has 1 N–H and O–H groups in total. The van der Waals surface area contributed by atoms with Crippen LogP contribution in [0.4, 0.5) is 0 Å². The molecule has 7 nitrogen and oxygen atoms in total. The lowest BCUT2D eigenvalue weighted by atomic mass is 9.88. The number of carbonyl (C=O) groups excluding carboxylic acids is 1. The number of amides is 1. The molecule has 0 aliphatic carbocycles. The summed E-state index contributed by atoms with van der Waals surface area (Å²) in [6, 6.07) is 9.47. The molecule has 7 heteroatoms. The zero-order valence-electron chi connectivity index (χ0n) is 18.1. The van der Waals surface area contributed by atoms with Crippen molar-refractivity contribution in [2.45, 2.75) is 60.4 Å². The summed E-state index contributed by atoms with van der Waals surface area (Å²) in [6.45, 7) is 14.3. The zero-order valence-corrected chi connectivity index (χ0v) is 18.1. The van der Waals surface area contributed by atoms with Gasteiger partial charge >= 0.3 is 0 Å². The summed E-state index contributed by atoms with van der Waals surface area (Å²) in [5.41, 5.74) is 3.00. The predicted molar refractivity (Wildman–Crippen MR) is 112 cm³/mol. The van der Waals surface area contributed by atoms with Gasteiger partial charge in [0.1, 0.15) is 5.69 Å². The maximum absolute atomic E-state index is 12.8. The average molecular weight is 396 g/mol. The number of nitrogens with zero attached hydrogens (tertiary/aromatic N) is 4. The third kappa shape index (κ3) is 4.55. The maximum Gasteiger partial charge on any atom is 0.268 e. The lowest BCUT2D eigenvalue weighted by Gasteiger charge is -2.28. The molecule has 0 fully saturated rings. The lowest BCUT2D eigenvalue weighted by Crippen LogP contribution is -2.41. The van der Waals surface area contributed by atoms with E-state index in [1.165, 1.54) is 0 Å². The molecule has 2 aromatic heterocycles. The van der Waals surface area contributed by atoms with Gasteiger partial charge in [0.15, 0.2) is 0 Å². The number of rotatable bonds is 5. The third-order valence-corrected chi connectivity index (χ3v) is 5.07. The molecule has 0 saturated carbocycles. The van der Waals surface area contributed by atoms with E-state index in [2.05, 4.69) is 55.2 Å². The second kappa shape index (κ2) is 7.81. The average Bonchev–Trinajstić information content (AvgIpc) is 3.27. The molecule has 154 valence electrons. The molecule has 2 heterocycles. The van der Waals surface area contributed by atoms with E-state index in [1.54, 1.807) is 6.92 Å². The van der Waals surface area contributed by atoms with Crippen LogP contribution in [0.25, 0.3) is 17.3 Å². The van der Waals surface area contributed by atoms with Crippen LogP contribution in [-0.4, -0.2) is 31.9 Å². The maximum atomic E-state index is 12.8. The molecule has 1 amide bonds. The number of aryl methyl sites for hydroxylation is 1. The second-order valence-electron chi connectivity index (χ2n) is 8.76. The number of hydrogen-bond donors (Lipinski definition) is 1. The van der Waals surface area contributed by atoms with Crippen LogP contribution >= 0.6 is 0 Å². The Morgan fingerprint density at radius 1 is 1.14 bits per heavy atom. The van der Waals surface area contributed by atoms with E-state index < -0.39 is 0 Å². The van der Waals surface area contributed by atoms with Crippen LogP contribution in [0, 0.1) is 12.3 Å². The molecule has 0 spiro atoms. The minimum atomic E-state index is -0.0970. The van der Waals surface area contributed by atoms with Gasteiger partial charge in [0.2, 0.25) is 5.89 Å². The molecule has 0 saturated heterocycles. The highest BCUT2D eigenvalue weighted by Gasteiger charge is 2.23. The molecule has 3 rings (SSSR count). The van der Waals surface area contributed by atoms with Gasteiger partial charge in [0.05, 0.1) is 5.69 Å². The fourth-order valence-electron chi connectivity index (χ4n) is 2.79. The van der Waals surface area contributed by atoms with E-state index in [0.29, 0.717) is 23.0 Å². The van der Waals surface area contributed by atoms with Crippen molar-refractivity contribution in [1.29, 1.82) is 0 Å². The summed E-state index contributed by atoms with van der Waals surface area (Å²) in [7, 11) is 0. The number of benzene rings is 1. The fraction of sp³-hybridized carbons (Fsp3) is 0.455. The molecule has 1 atom stereocenters. The molecular weight excluding hydrogens is 366 g/mol. The number of hydrogen-bond acceptors (Lipinski definition) is 5. The smallest absolute Gasteiger partial charge is 0.268 e. The molecule has 1 aromatic carbocycles. The topological polar surface area (TPSA) is 85.8 Å². The quantitative estimate of drug-likeness (QED) is 0.686. The van der Waals surface area contributed by atoms with E-state index >= 15 is 0 Å². The zero-order chi connectivity index (χ0) is 21.3. The Morgan fingerprint density at radius 2 is 1.86 bits per heavy atom. The first-order valence-corrected chi connectivity index (χ1v) is 9.88. The normalized spacial score (nSPS) is 13.0. The van der Waals surface area contributed by atoms with Crippen LogP contribution in [0.2, 0.25) is 0 Å². The summed E-state index contributed by atoms with van der Waals surface area (Å²) < 4.78 is 7.37. The highest BCUT2D eigenvalue weighted by atomic mass is 16.4. The summed E-state index contributed by atoms with van der Waals surface area (Å²) in [6.07, 6.45) is 0. The SMILES string of the molecule is Cc1nnc(-c2cc(C(C)C)n(-c3cccc(C(=O)N[C@H](C)C(C)(C)C)c3)n2)o1. The first-order valence-electron chi connectivity index (χ1n) is 9.88. The summed E-state index contributed by atoms with van der Waals surface area (Å²) in [5.74, 6) is 1.00. The Kier molecular flexibility index (Phi) is 5.59. The molecule has 0 bridgehead atoms. The van der Waals surface area contributed by atoms with Gasteiger partial charge in [-0.05, 0) is 42.5 Å². The molecule has 0 radical (unpaired) electrons. The Hall–Kier alpha value is -2.96. The van der Waals surface area contributed by atoms with Crippen LogP contribution in [0.5, 0.6) is 0 Å². The van der Waals surface area contributed by atoms with Crippen molar-refractivity contribution in [3.8, 4) is 17.3 Å². The molecule has 29 heavy (non-hydrogen) atoms. The Bertz CT molecular complexity index is 1010. The van der Waals surface area contributed by atoms with Gasteiger partial charge in [-0.2, -0.15) is 5.10 Å². The van der Waals surface area contributed by atoms with Crippen molar-refractivity contribution < 1.29 is 9.21 Å². The van der Waals surface area contributed by atoms with Gasteiger partial charge in [-0.25, -0.2) is 4.68 Å². The van der Waals surface area contributed by atoms with Crippen LogP contribution in [0.15, 0.2) is 34.7 Å². The Labute approximate surface area is 171 Å². The largest absolute Gasteiger partial charge is 0.420 e. The van der Waals surface area contributed by atoms with E-state index in [4.69, 9.17) is 4.42 Å². The third-order valence-electron chi connectivity index (χ3n) is 5.07. The van der Waals surface area contributed by atoms with Crippen molar-refractivity contribution in [2.24, 2.45) is 5.41 Å². The molecule has 3 aromatic rings. The fourth-order valence-corrected chi connectivity index (χ4v) is 2.79. The van der Waals surface area contributed by atoms with Crippen LogP contribution in [0.3, 0.4) is 0 Å². The molecular formula is C22H29N5O2. The highest BCUT2D eigenvalue weighted by Crippen LogP contribution is 2.26. The van der Waals surface area contributed by atoms with Crippen molar-refractivity contribution >= 4 is 5.91 Å². The van der Waals surface area contributed by atoms with Gasteiger partial charge in [-0.3, -0.25) is 4.79 Å². The Morgan fingerprint density at radius 3 is 2.45 bits per heavy atom. The standard InChI is InChI=1S/C22H29N5O2/c1-13(2)19-12-18(21-25-24-15(4)29-21)26-27(19)17-10-8-9-16(11-17)20(28)23-14(3)22(5,6)7/h8-14H,1-7H3,(H,23,28)/t14-/m1/s1. The van der Waals surface area contributed by atoms with E-state index in [9.17, 15) is 4.79 Å². The van der Waals surface area contributed by atoms with Gasteiger partial charge in [-0.15, -0.1) is 10.2 Å². The van der Waals surface area contributed by atoms with E-state index in [0.717, 1.165) is 11.4 Å². The van der Waals surface area contributed by atoms with E-state index in [-0.39, 0.29) is 23.3 Å². The van der Waals surface area contributed by atoms with Gasteiger partial charge in [0, 0.05) is 24.2 Å². The number of aromatic nitrogens is 4. The number of nitrogens with one attached hydrogen (secondary N) is 1. The van der Waals surface area contributed by atoms with Crippen molar-refractivity contribution in [1.82, 2.24) is 25.3 Å². The monoisotopic (exact) mass is 395 g/mol. The summed E-state index contributed by atoms with van der Waals surface area (Å²) in [5, 5.41) is 15.7. The molecule has 0 aliphatic heterocycles. The molecule has 0 aliphatic rings. The van der Waals surface area contributed by atoms with Crippen LogP contribution in [-0.2, 0) is 0 Å². The first kappa shape index (κ1) is 20.8. The van der Waals surface area contributed by atoms with Gasteiger partial charge < -0.3 is 9.73 Å². The van der Waals surface area contributed by atoms with Crippen molar-refractivity contribution in [3.63, 3.8) is 0 Å². The second-order valence-corrected chi connectivity index (χ2v) is 8.76. The lowest BCUT2D eigenvalue weighted by molar-refractivity contribution is 0.0910. The van der Waals surface area contributed by atoms with Crippen molar-refractivity contribution in [3.05, 3.63) is 47.5 Å². The minimum absolute atomic E-state index is 0.0167. The van der Waals surface area contributed by atoms with Gasteiger partial charge in [-0.1, -0.05) is 40.7 Å². The van der Waals surface area contributed by atoms with Crippen LogP contribution < -0.4 is 5.32 Å². The highest BCUT2D eigenvalue weighted by molar-refractivity contribution is 5.95. The predicted octanol–water partition coefficient (Wildman–Crippen LogP) is 4.52. The Balaban J connectivity index is 1.96. The molecule has 0 unspecified atom stereocenters. The summed E-state index contributed by atoms with van der Waals surface area (Å²) in [4.78, 5) is 12.8. The van der Waals surface area contributed by atoms with Gasteiger partial charge in [0.25, 0.3) is 11.8 Å². The number of carbonyl (C=O) groups is 1. The van der Waals surface area contributed by atoms with Crippen molar-refractivity contribution in [2.75, 3.05) is 0 Å².